The van der Waals surface area contributed by atoms with E-state index in [2.05, 4.69) is 6.92 Å². The van der Waals surface area contributed by atoms with Crippen LogP contribution < -0.4 is 0 Å². The molecule has 92 valence electrons. The molecular weight excluding hydrogens is 208 g/mol. The van der Waals surface area contributed by atoms with E-state index in [1.165, 1.54) is 13.8 Å². The molecule has 0 rings (SSSR count). The number of esters is 1. The van der Waals surface area contributed by atoms with E-state index in [-0.39, 0.29) is 11.1 Å². The van der Waals surface area contributed by atoms with Crippen molar-refractivity contribution in [1.82, 2.24) is 0 Å². The second-order valence-electron chi connectivity index (χ2n) is 3.75. The van der Waals surface area contributed by atoms with Gasteiger partial charge in [-0.2, -0.15) is 0 Å². The van der Waals surface area contributed by atoms with E-state index in [1.54, 1.807) is 0 Å². The third-order valence-electron chi connectivity index (χ3n) is 2.42. The zero-order valence-corrected chi connectivity index (χ0v) is 10.2. The third kappa shape index (κ3) is 5.53. The minimum Gasteiger partial charge on any atom is -0.478 e. The van der Waals surface area contributed by atoms with Crippen LogP contribution in [0.5, 0.6) is 0 Å². The largest absolute Gasteiger partial charge is 0.478 e. The number of ether oxygens (including phenoxy) is 1. The number of unbranched alkanes of at least 4 members (excludes halogenated alkanes) is 3. The molecule has 0 saturated heterocycles. The molecule has 0 aliphatic rings. The smallest absolute Gasteiger partial charge is 0.334 e. The summed E-state index contributed by atoms with van der Waals surface area (Å²) in [7, 11) is 0. The van der Waals surface area contributed by atoms with E-state index in [4.69, 9.17) is 9.84 Å². The van der Waals surface area contributed by atoms with E-state index >= 15 is 0 Å². The van der Waals surface area contributed by atoms with Crippen LogP contribution in [0.1, 0.15) is 46.5 Å². The van der Waals surface area contributed by atoms with Crippen LogP contribution in [0, 0.1) is 0 Å². The van der Waals surface area contributed by atoms with Crippen molar-refractivity contribution < 1.29 is 19.4 Å². The van der Waals surface area contributed by atoms with Gasteiger partial charge >= 0.3 is 11.9 Å². The molecule has 0 fully saturated rings. The maximum Gasteiger partial charge on any atom is 0.334 e. The van der Waals surface area contributed by atoms with Crippen LogP contribution in [0.2, 0.25) is 0 Å². The number of hydrogen-bond acceptors (Lipinski definition) is 3. The summed E-state index contributed by atoms with van der Waals surface area (Å²) in [5, 5.41) is 8.68. The van der Waals surface area contributed by atoms with Gasteiger partial charge in [0.2, 0.25) is 0 Å². The van der Waals surface area contributed by atoms with Crippen LogP contribution in [0.25, 0.3) is 0 Å². The number of hydrogen-bond donors (Lipinski definition) is 1. The van der Waals surface area contributed by atoms with Gasteiger partial charge in [0.15, 0.2) is 0 Å². The lowest BCUT2D eigenvalue weighted by Gasteiger charge is -2.06. The zero-order chi connectivity index (χ0) is 12.6. The van der Waals surface area contributed by atoms with Gasteiger partial charge in [-0.1, -0.05) is 26.2 Å². The molecule has 0 aromatic rings. The molecule has 0 heterocycles. The SMILES string of the molecule is CCCCCCOC(=O)C(C)=C(C)C(=O)O. The first-order valence-corrected chi connectivity index (χ1v) is 5.58. The summed E-state index contributed by atoms with van der Waals surface area (Å²) in [5.41, 5.74) is 0.210. The minimum absolute atomic E-state index is 0.0403. The number of carbonyl (C=O) groups is 2. The van der Waals surface area contributed by atoms with Gasteiger partial charge in [0.1, 0.15) is 0 Å². The van der Waals surface area contributed by atoms with E-state index in [0.717, 1.165) is 25.7 Å². The normalized spacial score (nSPS) is 11.9. The molecule has 0 amide bonds. The minimum atomic E-state index is -1.08. The van der Waals surface area contributed by atoms with Crippen molar-refractivity contribution in [2.75, 3.05) is 6.61 Å². The van der Waals surface area contributed by atoms with Crippen molar-refractivity contribution in [3.63, 3.8) is 0 Å². The van der Waals surface area contributed by atoms with Crippen LogP contribution >= 0.6 is 0 Å². The Morgan fingerprint density at radius 2 is 1.69 bits per heavy atom. The molecule has 0 spiro atoms. The van der Waals surface area contributed by atoms with Gasteiger partial charge < -0.3 is 9.84 Å². The highest BCUT2D eigenvalue weighted by Crippen LogP contribution is 2.07. The summed E-state index contributed by atoms with van der Waals surface area (Å²) < 4.78 is 4.96. The molecule has 4 heteroatoms. The lowest BCUT2D eigenvalue weighted by atomic mass is 10.1. The molecule has 0 aromatic carbocycles. The Labute approximate surface area is 96.3 Å². The van der Waals surface area contributed by atoms with Gasteiger partial charge in [0.25, 0.3) is 0 Å². The van der Waals surface area contributed by atoms with Crippen molar-refractivity contribution in [1.29, 1.82) is 0 Å². The van der Waals surface area contributed by atoms with Gasteiger partial charge in [0, 0.05) is 11.1 Å². The molecule has 4 nitrogen and oxygen atoms in total. The summed E-state index contributed by atoms with van der Waals surface area (Å²) in [5.74, 6) is -1.61. The quantitative estimate of drug-likeness (QED) is 0.413. The lowest BCUT2D eigenvalue weighted by molar-refractivity contribution is -0.140. The highest BCUT2D eigenvalue weighted by molar-refractivity contribution is 5.98. The Morgan fingerprint density at radius 3 is 2.19 bits per heavy atom. The van der Waals surface area contributed by atoms with Crippen LogP contribution in [-0.2, 0) is 14.3 Å². The molecule has 1 N–H and O–H groups in total. The van der Waals surface area contributed by atoms with Gasteiger partial charge in [-0.3, -0.25) is 0 Å². The van der Waals surface area contributed by atoms with E-state index < -0.39 is 11.9 Å². The van der Waals surface area contributed by atoms with Gasteiger partial charge in [-0.15, -0.1) is 0 Å². The van der Waals surface area contributed by atoms with E-state index in [1.807, 2.05) is 0 Å². The summed E-state index contributed by atoms with van der Waals surface area (Å²) in [6, 6.07) is 0. The van der Waals surface area contributed by atoms with Crippen LogP contribution in [0.15, 0.2) is 11.1 Å². The Hall–Kier alpha value is -1.32. The van der Waals surface area contributed by atoms with Crippen LogP contribution in [-0.4, -0.2) is 23.7 Å². The van der Waals surface area contributed by atoms with Crippen molar-refractivity contribution in [3.05, 3.63) is 11.1 Å². The highest BCUT2D eigenvalue weighted by atomic mass is 16.5. The second-order valence-corrected chi connectivity index (χ2v) is 3.75. The summed E-state index contributed by atoms with van der Waals surface area (Å²) in [6.07, 6.45) is 4.12. The first kappa shape index (κ1) is 14.7. The number of carboxylic acid groups (broad SMARTS) is 1. The molecule has 0 aromatic heterocycles. The predicted octanol–water partition coefficient (Wildman–Crippen LogP) is 2.53. The highest BCUT2D eigenvalue weighted by Gasteiger charge is 2.13. The second kappa shape index (κ2) is 7.91. The molecule has 16 heavy (non-hydrogen) atoms. The topological polar surface area (TPSA) is 63.6 Å². The predicted molar refractivity (Wildman–Crippen MR) is 61.1 cm³/mol. The van der Waals surface area contributed by atoms with Crippen LogP contribution in [0.4, 0.5) is 0 Å². The molecule has 0 bridgehead atoms. The summed E-state index contributed by atoms with van der Waals surface area (Å²) >= 11 is 0. The Balaban J connectivity index is 3.98. The average Bonchev–Trinajstić information content (AvgIpc) is 2.26. The summed E-state index contributed by atoms with van der Waals surface area (Å²) in [4.78, 5) is 22.0. The lowest BCUT2D eigenvalue weighted by Crippen LogP contribution is -2.11. The van der Waals surface area contributed by atoms with Crippen molar-refractivity contribution >= 4 is 11.9 Å². The monoisotopic (exact) mass is 228 g/mol. The summed E-state index contributed by atoms with van der Waals surface area (Å²) in [6.45, 7) is 5.34. The number of carboxylic acids is 1. The fourth-order valence-corrected chi connectivity index (χ4v) is 1.12. The Morgan fingerprint density at radius 1 is 1.06 bits per heavy atom. The maximum absolute atomic E-state index is 11.4. The number of aliphatic carboxylic acids is 1. The van der Waals surface area contributed by atoms with Gasteiger partial charge in [0.05, 0.1) is 6.61 Å². The van der Waals surface area contributed by atoms with Gasteiger partial charge in [-0.05, 0) is 20.3 Å². The molecule has 0 radical (unpaired) electrons. The fourth-order valence-electron chi connectivity index (χ4n) is 1.12. The number of carbonyl (C=O) groups excluding carboxylic acids is 1. The van der Waals surface area contributed by atoms with Gasteiger partial charge in [-0.25, -0.2) is 9.59 Å². The van der Waals surface area contributed by atoms with Crippen molar-refractivity contribution in [2.24, 2.45) is 0 Å². The van der Waals surface area contributed by atoms with Crippen LogP contribution in [0.3, 0.4) is 0 Å². The maximum atomic E-state index is 11.4. The van der Waals surface area contributed by atoms with Crippen molar-refractivity contribution in [3.8, 4) is 0 Å². The molecule has 0 unspecified atom stereocenters. The molecule has 0 saturated carbocycles. The Kier molecular flexibility index (Phi) is 7.25. The average molecular weight is 228 g/mol. The fraction of sp³-hybridized carbons (Fsp3) is 0.667. The molecule has 0 atom stereocenters. The molecule has 0 aliphatic heterocycles. The van der Waals surface area contributed by atoms with E-state index in [0.29, 0.717) is 6.61 Å². The zero-order valence-electron chi connectivity index (χ0n) is 10.2. The molecule has 0 aliphatic carbocycles. The first-order valence-electron chi connectivity index (χ1n) is 5.58. The standard InChI is InChI=1S/C12H20O4/c1-4-5-6-7-8-16-12(15)10(3)9(2)11(13)14/h4-8H2,1-3H3,(H,13,14). The Bertz CT molecular complexity index is 279. The number of rotatable bonds is 7. The molecular formula is C12H20O4. The third-order valence-corrected chi connectivity index (χ3v) is 2.42. The van der Waals surface area contributed by atoms with E-state index in [9.17, 15) is 9.59 Å². The van der Waals surface area contributed by atoms with Crippen molar-refractivity contribution in [2.45, 2.75) is 46.5 Å². The first-order chi connectivity index (χ1) is 7.50.